The Labute approximate surface area is 262 Å². The van der Waals surface area contributed by atoms with Crippen LogP contribution in [0.25, 0.3) is 11.2 Å². The molecule has 7 rings (SSSR count). The molecule has 3 fully saturated rings. The minimum atomic E-state index is -2.91. The van der Waals surface area contributed by atoms with Crippen molar-refractivity contribution in [2.75, 3.05) is 18.9 Å². The summed E-state index contributed by atoms with van der Waals surface area (Å²) in [6, 6.07) is 20.1. The summed E-state index contributed by atoms with van der Waals surface area (Å²) in [6.07, 6.45) is 2.32. The van der Waals surface area contributed by atoms with Gasteiger partial charge in [-0.2, -0.15) is 5.06 Å². The van der Waals surface area contributed by atoms with Crippen molar-refractivity contribution in [2.24, 2.45) is 0 Å². The van der Waals surface area contributed by atoms with Crippen molar-refractivity contribution < 1.29 is 28.3 Å². The lowest BCUT2D eigenvalue weighted by Gasteiger charge is -2.43. The number of anilines is 1. The average molecular weight is 631 g/mol. The summed E-state index contributed by atoms with van der Waals surface area (Å²) in [5.41, 5.74) is 7.03. The number of benzene rings is 2. The zero-order valence-corrected chi connectivity index (χ0v) is 26.6. The molecule has 3 aliphatic heterocycles. The van der Waals surface area contributed by atoms with E-state index in [1.54, 1.807) is 10.9 Å². The van der Waals surface area contributed by atoms with E-state index < -0.39 is 45.2 Å². The summed E-state index contributed by atoms with van der Waals surface area (Å²) in [5, 5.41) is 3.31. The molecule has 236 valence electrons. The summed E-state index contributed by atoms with van der Waals surface area (Å²) in [7, 11) is -2.91. The predicted molar refractivity (Wildman–Crippen MR) is 168 cm³/mol. The lowest BCUT2D eigenvalue weighted by molar-refractivity contribution is -0.280. The van der Waals surface area contributed by atoms with Crippen LogP contribution in [0.15, 0.2) is 73.3 Å². The zero-order valence-electron chi connectivity index (χ0n) is 25.6. The van der Waals surface area contributed by atoms with Crippen molar-refractivity contribution in [1.82, 2.24) is 24.6 Å². The van der Waals surface area contributed by atoms with E-state index in [2.05, 4.69) is 60.0 Å². The van der Waals surface area contributed by atoms with Crippen LogP contribution in [-0.4, -0.2) is 76.7 Å². The van der Waals surface area contributed by atoms with Crippen LogP contribution < -0.4 is 16.1 Å². The van der Waals surface area contributed by atoms with Crippen LogP contribution in [0.3, 0.4) is 0 Å². The van der Waals surface area contributed by atoms with Crippen molar-refractivity contribution in [3.05, 3.63) is 73.3 Å². The maximum Gasteiger partial charge on any atom is 0.435 e. The number of hydrogen-bond donors (Lipinski definition) is 1. The number of amides is 1. The van der Waals surface area contributed by atoms with Gasteiger partial charge < -0.3 is 24.4 Å². The van der Waals surface area contributed by atoms with Gasteiger partial charge in [0, 0.05) is 13.0 Å². The second kappa shape index (κ2) is 11.8. The molecule has 0 radical (unpaired) electrons. The lowest BCUT2D eigenvalue weighted by atomic mass is 10.1. The Hall–Kier alpha value is -3.88. The molecular weight excluding hydrogens is 592 g/mol. The molecule has 2 aromatic heterocycles. The van der Waals surface area contributed by atoms with Crippen molar-refractivity contribution >= 4 is 41.8 Å². The third-order valence-electron chi connectivity index (χ3n) is 8.91. The Morgan fingerprint density at radius 3 is 2.36 bits per heavy atom. The molecule has 4 aromatic rings. The van der Waals surface area contributed by atoms with Crippen molar-refractivity contribution in [3.8, 4) is 0 Å². The quantitative estimate of drug-likeness (QED) is 0.288. The fourth-order valence-electron chi connectivity index (χ4n) is 6.83. The second-order valence-electron chi connectivity index (χ2n) is 12.7. The molecule has 2 aromatic carbocycles. The Morgan fingerprint density at radius 1 is 1.00 bits per heavy atom. The van der Waals surface area contributed by atoms with Crippen LogP contribution in [0.1, 0.15) is 46.3 Å². The van der Waals surface area contributed by atoms with Crippen LogP contribution in [0.2, 0.25) is 5.04 Å². The van der Waals surface area contributed by atoms with E-state index in [9.17, 15) is 4.79 Å². The average Bonchev–Trinajstić information content (AvgIpc) is 3.72. The zero-order chi connectivity index (χ0) is 31.2. The van der Waals surface area contributed by atoms with Crippen molar-refractivity contribution in [1.29, 1.82) is 0 Å². The maximum atomic E-state index is 13.4. The van der Waals surface area contributed by atoms with Crippen LogP contribution in [-0.2, 0) is 23.5 Å². The number of nitrogens with two attached hydrogens (primary N) is 1. The van der Waals surface area contributed by atoms with Gasteiger partial charge >= 0.3 is 6.09 Å². The highest BCUT2D eigenvalue weighted by Crippen LogP contribution is 2.43. The number of carbonyl (C=O) groups is 1. The summed E-state index contributed by atoms with van der Waals surface area (Å²) < 4.78 is 27.5. The molecule has 0 bridgehead atoms. The molecule has 5 heterocycles. The minimum Gasteiger partial charge on any atom is -0.439 e. The monoisotopic (exact) mass is 630 g/mol. The van der Waals surface area contributed by atoms with Crippen LogP contribution in [0.5, 0.6) is 0 Å². The molecule has 12 nitrogen and oxygen atoms in total. The van der Waals surface area contributed by atoms with Gasteiger partial charge in [-0.05, 0) is 28.3 Å². The summed E-state index contributed by atoms with van der Waals surface area (Å²) in [6.45, 7) is 7.40. The number of hydrogen-bond acceptors (Lipinski definition) is 10. The number of ether oxygens (including phenoxy) is 3. The van der Waals surface area contributed by atoms with E-state index >= 15 is 0 Å². The number of rotatable bonds is 8. The number of nitrogens with zero attached hydrogens (tertiary/aromatic N) is 5. The van der Waals surface area contributed by atoms with E-state index in [4.69, 9.17) is 29.2 Å². The van der Waals surface area contributed by atoms with E-state index in [1.807, 2.05) is 36.4 Å². The Balaban J connectivity index is 1.26. The fourth-order valence-corrected chi connectivity index (χ4v) is 11.4. The van der Waals surface area contributed by atoms with Gasteiger partial charge in [-0.3, -0.25) is 4.57 Å². The van der Waals surface area contributed by atoms with Gasteiger partial charge in [-0.25, -0.2) is 24.6 Å². The topological polar surface area (TPSA) is 136 Å². The number of fused-ring (bicyclic) bond motifs is 2. The van der Waals surface area contributed by atoms with E-state index in [0.717, 1.165) is 23.2 Å². The minimum absolute atomic E-state index is 0.176. The molecule has 1 amide bonds. The third kappa shape index (κ3) is 5.18. The van der Waals surface area contributed by atoms with E-state index in [0.29, 0.717) is 24.2 Å². The highest BCUT2D eigenvalue weighted by molar-refractivity contribution is 6.99. The standard InChI is InChI=1S/C32H38N6O6Si/c1-32(2,3)45(21-12-6-4-7-13-21,22-14-8-5-9-15-22)41-18-23-27-26(38(31(39)43-27)44-24-16-10-11-17-40-24)30(42-23)37-20-36-25-28(33)34-19-35-29(25)37/h4-9,12-15,19-20,23-24,26-27,30H,10-11,16-18H2,1-3H3,(H2,33,34,35)/t23-,24?,26-,27-,30-/m1/s1. The highest BCUT2D eigenvalue weighted by Gasteiger charge is 2.60. The molecule has 0 saturated carbocycles. The van der Waals surface area contributed by atoms with Crippen LogP contribution in [0.4, 0.5) is 10.6 Å². The normalized spacial score (nSPS) is 25.4. The van der Waals surface area contributed by atoms with E-state index in [1.165, 1.54) is 11.4 Å². The molecule has 13 heteroatoms. The smallest absolute Gasteiger partial charge is 0.435 e. The number of imidazole rings is 1. The molecule has 5 atom stereocenters. The van der Waals surface area contributed by atoms with Crippen molar-refractivity contribution in [2.45, 2.75) is 75.8 Å². The molecule has 2 N–H and O–H groups in total. The van der Waals surface area contributed by atoms with E-state index in [-0.39, 0.29) is 17.5 Å². The summed E-state index contributed by atoms with van der Waals surface area (Å²) in [5.74, 6) is 0.252. The van der Waals surface area contributed by atoms with Gasteiger partial charge in [-0.1, -0.05) is 81.4 Å². The highest BCUT2D eigenvalue weighted by atomic mass is 28.4. The van der Waals surface area contributed by atoms with Gasteiger partial charge in [-0.15, -0.1) is 0 Å². The summed E-state index contributed by atoms with van der Waals surface area (Å²) in [4.78, 5) is 32.5. The second-order valence-corrected chi connectivity index (χ2v) is 17.0. The van der Waals surface area contributed by atoms with Gasteiger partial charge in [0.05, 0.1) is 12.9 Å². The lowest BCUT2D eigenvalue weighted by Crippen LogP contribution is -2.67. The Morgan fingerprint density at radius 2 is 1.71 bits per heavy atom. The first kappa shape index (κ1) is 29.8. The van der Waals surface area contributed by atoms with Gasteiger partial charge in [0.1, 0.15) is 24.0 Å². The largest absolute Gasteiger partial charge is 0.439 e. The molecular formula is C32H38N6O6Si. The first-order valence-electron chi connectivity index (χ1n) is 15.4. The fraction of sp³-hybridized carbons (Fsp3) is 0.438. The maximum absolute atomic E-state index is 13.4. The Bertz CT molecular complexity index is 1600. The molecule has 3 saturated heterocycles. The molecule has 1 unspecified atom stereocenters. The predicted octanol–water partition coefficient (Wildman–Crippen LogP) is 3.53. The number of nitrogen functional groups attached to an aromatic ring is 1. The summed E-state index contributed by atoms with van der Waals surface area (Å²) >= 11 is 0. The first-order chi connectivity index (χ1) is 21.8. The van der Waals surface area contributed by atoms with Gasteiger partial charge in [0.25, 0.3) is 8.32 Å². The SMILES string of the molecule is CC(C)(C)[Si](OC[C@H]1O[C@@H](n2cnc3c(N)ncnc32)[C@H]2[C@@H]1OC(=O)N2OC1CCCCO1)(c1ccccc1)c1ccccc1. The molecule has 45 heavy (non-hydrogen) atoms. The van der Waals surface area contributed by atoms with Crippen molar-refractivity contribution in [3.63, 3.8) is 0 Å². The molecule has 3 aliphatic rings. The number of carbonyl (C=O) groups excluding carboxylic acids is 1. The Kier molecular flexibility index (Phi) is 7.82. The van der Waals surface area contributed by atoms with Crippen LogP contribution >= 0.6 is 0 Å². The number of aromatic nitrogens is 4. The third-order valence-corrected chi connectivity index (χ3v) is 13.9. The van der Waals surface area contributed by atoms with Crippen LogP contribution in [0, 0.1) is 0 Å². The van der Waals surface area contributed by atoms with Gasteiger partial charge in [0.15, 0.2) is 30.1 Å². The van der Waals surface area contributed by atoms with Gasteiger partial charge in [0.2, 0.25) is 0 Å². The molecule has 0 aliphatic carbocycles. The number of hydroxylamine groups is 2. The first-order valence-corrected chi connectivity index (χ1v) is 17.3. The molecule has 0 spiro atoms.